The average molecular weight is 263 g/mol. The number of rotatable bonds is 5. The molecule has 0 aliphatic rings. The monoisotopic (exact) mass is 262 g/mol. The third-order valence-corrected chi connectivity index (χ3v) is 7.69. The van der Waals surface area contributed by atoms with Crippen LogP contribution < -0.4 is 5.19 Å². The largest absolute Gasteiger partial charge is 0.0915 e. The lowest BCUT2D eigenvalue weighted by molar-refractivity contribution is 1.45. The molecule has 0 saturated heterocycles. The quantitative estimate of drug-likeness (QED) is 0.541. The maximum Gasteiger partial charge on any atom is 0.0843 e. The molecule has 1 aromatic rings. The van der Waals surface area contributed by atoms with E-state index in [0.717, 1.165) is 0 Å². The summed E-state index contributed by atoms with van der Waals surface area (Å²) < 4.78 is 0. The Morgan fingerprint density at radius 2 is 1.35 bits per heavy atom. The van der Waals surface area contributed by atoms with Gasteiger partial charge in [0.25, 0.3) is 0 Å². The van der Waals surface area contributed by atoms with Crippen LogP contribution >= 0.6 is 0 Å². The van der Waals surface area contributed by atoms with Crippen molar-refractivity contribution < 1.29 is 0 Å². The Kier molecular flexibility index (Phi) is 4.96. The zero-order valence-corrected chi connectivity index (χ0v) is 14.0. The summed E-state index contributed by atoms with van der Waals surface area (Å²) in [5.74, 6) is 0. The Labute approximate surface area is 109 Å². The summed E-state index contributed by atoms with van der Waals surface area (Å²) in [5, 5.41) is 1.57. The second-order valence-electron chi connectivity index (χ2n) is 6.69. The molecule has 0 spiro atoms. The van der Waals surface area contributed by atoms with Gasteiger partial charge in [-0.3, -0.25) is 0 Å². The highest BCUT2D eigenvalue weighted by Gasteiger charge is 2.21. The van der Waals surface area contributed by atoms with E-state index in [0.29, 0.717) is 0 Å². The van der Waals surface area contributed by atoms with Gasteiger partial charge in [0.2, 0.25) is 0 Å². The molecular formula is C15H26Si2. The van der Waals surface area contributed by atoms with Crippen LogP contribution in [-0.2, 0) is 0 Å². The van der Waals surface area contributed by atoms with Gasteiger partial charge in [-0.05, 0) is 12.1 Å². The van der Waals surface area contributed by atoms with Gasteiger partial charge < -0.3 is 0 Å². The van der Waals surface area contributed by atoms with Crippen molar-refractivity contribution >= 4 is 21.3 Å². The zero-order chi connectivity index (χ0) is 12.9. The van der Waals surface area contributed by atoms with E-state index >= 15 is 0 Å². The van der Waals surface area contributed by atoms with Crippen LogP contribution in [0, 0.1) is 0 Å². The standard InChI is InChI=1S/C15H26Si2/c1-16(2,3)13-9-10-14-17(4,5)15-11-7-6-8-12-15/h6-12H,13-14H2,1-5H3/b10-9+. The normalized spacial score (nSPS) is 13.2. The van der Waals surface area contributed by atoms with Crippen LogP contribution in [-0.4, -0.2) is 16.1 Å². The molecule has 0 radical (unpaired) electrons. The summed E-state index contributed by atoms with van der Waals surface area (Å²) >= 11 is 0. The van der Waals surface area contributed by atoms with E-state index in [1.807, 2.05) is 0 Å². The summed E-state index contributed by atoms with van der Waals surface area (Å²) in [7, 11) is -2.15. The second-order valence-corrected chi connectivity index (χ2v) is 17.0. The van der Waals surface area contributed by atoms with Crippen LogP contribution in [0.1, 0.15) is 0 Å². The molecule has 2 heteroatoms. The molecule has 0 unspecified atom stereocenters. The molecule has 17 heavy (non-hydrogen) atoms. The first-order chi connectivity index (χ1) is 7.81. The number of hydrogen-bond donors (Lipinski definition) is 0. The number of allylic oxidation sites excluding steroid dienone is 2. The van der Waals surface area contributed by atoms with Crippen LogP contribution in [0.25, 0.3) is 0 Å². The van der Waals surface area contributed by atoms with Gasteiger partial charge in [-0.15, -0.1) is 0 Å². The zero-order valence-electron chi connectivity index (χ0n) is 12.0. The summed E-state index contributed by atoms with van der Waals surface area (Å²) in [4.78, 5) is 0. The molecule has 0 fully saturated rings. The van der Waals surface area contributed by atoms with Crippen LogP contribution in [0.3, 0.4) is 0 Å². The summed E-state index contributed by atoms with van der Waals surface area (Å²) in [5.41, 5.74) is 0. The van der Waals surface area contributed by atoms with Crippen molar-refractivity contribution in [2.24, 2.45) is 0 Å². The van der Waals surface area contributed by atoms with Crippen LogP contribution in [0.4, 0.5) is 0 Å². The highest BCUT2D eigenvalue weighted by Crippen LogP contribution is 2.13. The molecule has 0 aromatic heterocycles. The molecule has 0 aliphatic heterocycles. The predicted octanol–water partition coefficient (Wildman–Crippen LogP) is 4.50. The molecule has 0 amide bonds. The van der Waals surface area contributed by atoms with E-state index in [1.54, 1.807) is 5.19 Å². The number of benzene rings is 1. The van der Waals surface area contributed by atoms with Gasteiger partial charge >= 0.3 is 0 Å². The fraction of sp³-hybridized carbons (Fsp3) is 0.467. The lowest BCUT2D eigenvalue weighted by Crippen LogP contribution is -2.40. The lowest BCUT2D eigenvalue weighted by Gasteiger charge is -2.21. The Morgan fingerprint density at radius 1 is 0.824 bits per heavy atom. The van der Waals surface area contributed by atoms with Gasteiger partial charge in [0.15, 0.2) is 0 Å². The van der Waals surface area contributed by atoms with Crippen molar-refractivity contribution in [3.8, 4) is 0 Å². The summed E-state index contributed by atoms with van der Waals surface area (Å²) in [6.07, 6.45) is 4.85. The van der Waals surface area contributed by atoms with E-state index < -0.39 is 16.1 Å². The molecule has 0 heterocycles. The molecule has 0 atom stereocenters. The van der Waals surface area contributed by atoms with Crippen molar-refractivity contribution in [3.05, 3.63) is 42.5 Å². The van der Waals surface area contributed by atoms with Gasteiger partial charge in [0.05, 0.1) is 8.07 Å². The van der Waals surface area contributed by atoms with E-state index in [2.05, 4.69) is 75.2 Å². The first-order valence-corrected chi connectivity index (χ1v) is 13.4. The predicted molar refractivity (Wildman–Crippen MR) is 85.7 cm³/mol. The van der Waals surface area contributed by atoms with Crippen LogP contribution in [0.15, 0.2) is 42.5 Å². The molecule has 0 aliphatic carbocycles. The smallest absolute Gasteiger partial charge is 0.0843 e. The van der Waals surface area contributed by atoms with Crippen molar-refractivity contribution in [2.45, 2.75) is 44.8 Å². The molecular weight excluding hydrogens is 236 g/mol. The molecule has 0 nitrogen and oxygen atoms in total. The minimum atomic E-state index is -1.25. The summed E-state index contributed by atoms with van der Waals surface area (Å²) in [6.45, 7) is 12.2. The molecule has 1 rings (SSSR count). The maximum atomic E-state index is 2.46. The first-order valence-electron chi connectivity index (χ1n) is 6.52. The van der Waals surface area contributed by atoms with E-state index in [9.17, 15) is 0 Å². The SMILES string of the molecule is C[Si](C)(C)C/C=C/C[Si](C)(C)c1ccccc1. The van der Waals surface area contributed by atoms with Crippen molar-refractivity contribution in [1.29, 1.82) is 0 Å². The molecule has 0 N–H and O–H groups in total. The van der Waals surface area contributed by atoms with Crippen LogP contribution in [0.2, 0.25) is 44.8 Å². The van der Waals surface area contributed by atoms with Gasteiger partial charge in [0.1, 0.15) is 0 Å². The highest BCUT2D eigenvalue weighted by molar-refractivity contribution is 6.90. The fourth-order valence-corrected chi connectivity index (χ4v) is 4.78. The highest BCUT2D eigenvalue weighted by atomic mass is 28.3. The van der Waals surface area contributed by atoms with Gasteiger partial charge in [-0.2, -0.15) is 0 Å². The molecule has 0 saturated carbocycles. The molecule has 1 aromatic carbocycles. The first kappa shape index (κ1) is 14.5. The molecule has 94 valence electrons. The van der Waals surface area contributed by atoms with Crippen molar-refractivity contribution in [1.82, 2.24) is 0 Å². The van der Waals surface area contributed by atoms with E-state index in [1.165, 1.54) is 12.1 Å². The van der Waals surface area contributed by atoms with Gasteiger partial charge in [0, 0.05) is 8.07 Å². The third-order valence-electron chi connectivity index (χ3n) is 3.08. The minimum absolute atomic E-state index is 0.904. The molecule has 0 bridgehead atoms. The topological polar surface area (TPSA) is 0 Å². The van der Waals surface area contributed by atoms with Crippen molar-refractivity contribution in [3.63, 3.8) is 0 Å². The van der Waals surface area contributed by atoms with Crippen molar-refractivity contribution in [2.75, 3.05) is 0 Å². The minimum Gasteiger partial charge on any atom is -0.0915 e. The van der Waals surface area contributed by atoms with Crippen LogP contribution in [0.5, 0.6) is 0 Å². The maximum absolute atomic E-state index is 2.46. The fourth-order valence-electron chi connectivity index (χ4n) is 1.82. The Bertz CT molecular complexity index is 358. The third kappa shape index (κ3) is 5.51. The van der Waals surface area contributed by atoms with Gasteiger partial charge in [-0.1, -0.05) is 80.4 Å². The summed E-state index contributed by atoms with van der Waals surface area (Å²) in [6, 6.07) is 13.6. The van der Waals surface area contributed by atoms with E-state index in [4.69, 9.17) is 0 Å². The van der Waals surface area contributed by atoms with Gasteiger partial charge in [-0.25, -0.2) is 0 Å². The van der Waals surface area contributed by atoms with E-state index in [-0.39, 0.29) is 0 Å². The number of hydrogen-bond acceptors (Lipinski definition) is 0. The lowest BCUT2D eigenvalue weighted by atomic mass is 10.4. The Balaban J connectivity index is 2.57. The second kappa shape index (κ2) is 5.83. The Morgan fingerprint density at radius 3 is 1.88 bits per heavy atom. The Hall–Kier alpha value is -0.606. The average Bonchev–Trinajstić information content (AvgIpc) is 2.25.